The molecule has 2 heterocycles. The molecule has 1 atom stereocenters. The van der Waals surface area contributed by atoms with E-state index in [1.54, 1.807) is 35.5 Å². The standard InChI is InChI=1S/C21H24N4O3/c26-18-12-16(13-18)19(10-14-4-6-22-7-5-14)24-20(27)15-2-1-3-17(11-15)25-9-8-23-21(25)28/h1-7,11,16,18-19,26H,8-10,12-13H2,(H,23,28)(H,24,27)/t16?,18?,19-/m0/s1. The number of hydrogen-bond donors (Lipinski definition) is 3. The van der Waals surface area contributed by atoms with E-state index >= 15 is 0 Å². The van der Waals surface area contributed by atoms with Crippen molar-refractivity contribution in [2.24, 2.45) is 5.92 Å². The van der Waals surface area contributed by atoms with Crippen LogP contribution in [0.4, 0.5) is 10.5 Å². The number of aliphatic hydroxyl groups is 1. The van der Waals surface area contributed by atoms with E-state index in [1.807, 2.05) is 18.2 Å². The molecule has 1 aromatic carbocycles. The molecule has 3 N–H and O–H groups in total. The molecule has 7 heteroatoms. The van der Waals surface area contributed by atoms with Gasteiger partial charge in [0.1, 0.15) is 0 Å². The number of pyridine rings is 1. The molecule has 1 aliphatic heterocycles. The van der Waals surface area contributed by atoms with Crippen LogP contribution in [-0.2, 0) is 6.42 Å². The number of hydrogen-bond acceptors (Lipinski definition) is 4. The maximum absolute atomic E-state index is 12.9. The average molecular weight is 380 g/mol. The molecule has 1 aliphatic carbocycles. The third kappa shape index (κ3) is 3.99. The zero-order valence-electron chi connectivity index (χ0n) is 15.5. The highest BCUT2D eigenvalue weighted by atomic mass is 16.3. The van der Waals surface area contributed by atoms with Gasteiger partial charge in [0.2, 0.25) is 0 Å². The lowest BCUT2D eigenvalue weighted by Crippen LogP contribution is -2.48. The second kappa shape index (κ2) is 7.98. The van der Waals surface area contributed by atoms with Crippen molar-refractivity contribution in [2.45, 2.75) is 31.4 Å². The van der Waals surface area contributed by atoms with E-state index in [0.717, 1.165) is 5.56 Å². The molecule has 1 saturated heterocycles. The number of nitrogens with zero attached hydrogens (tertiary/aromatic N) is 2. The summed E-state index contributed by atoms with van der Waals surface area (Å²) >= 11 is 0. The SMILES string of the molecule is O=C(N[C@@H](Cc1ccncc1)C1CC(O)C1)c1cccc(N2CCNC2=O)c1. The molecular formula is C21H24N4O3. The van der Waals surface area contributed by atoms with Crippen LogP contribution in [0.2, 0.25) is 0 Å². The van der Waals surface area contributed by atoms with Crippen molar-refractivity contribution in [2.75, 3.05) is 18.0 Å². The smallest absolute Gasteiger partial charge is 0.321 e. The minimum atomic E-state index is -0.279. The fourth-order valence-electron chi connectivity index (χ4n) is 3.85. The molecule has 146 valence electrons. The van der Waals surface area contributed by atoms with E-state index in [0.29, 0.717) is 43.6 Å². The third-order valence-corrected chi connectivity index (χ3v) is 5.52. The molecule has 0 bridgehead atoms. The highest BCUT2D eigenvalue weighted by Crippen LogP contribution is 2.32. The molecule has 2 fully saturated rings. The second-order valence-electron chi connectivity index (χ2n) is 7.46. The van der Waals surface area contributed by atoms with Gasteiger partial charge in [0.25, 0.3) is 5.91 Å². The Labute approximate surface area is 163 Å². The third-order valence-electron chi connectivity index (χ3n) is 5.52. The highest BCUT2D eigenvalue weighted by molar-refractivity contribution is 5.98. The lowest BCUT2D eigenvalue weighted by molar-refractivity contribution is 0.0239. The first-order chi connectivity index (χ1) is 13.6. The molecule has 1 saturated carbocycles. The van der Waals surface area contributed by atoms with E-state index in [2.05, 4.69) is 15.6 Å². The monoisotopic (exact) mass is 380 g/mol. The van der Waals surface area contributed by atoms with E-state index in [9.17, 15) is 14.7 Å². The fraction of sp³-hybridized carbons (Fsp3) is 0.381. The fourth-order valence-corrected chi connectivity index (χ4v) is 3.85. The lowest BCUT2D eigenvalue weighted by atomic mass is 9.75. The quantitative estimate of drug-likeness (QED) is 0.711. The summed E-state index contributed by atoms with van der Waals surface area (Å²) in [5.41, 5.74) is 2.34. The Bertz CT molecular complexity index is 852. The number of anilines is 1. The molecule has 7 nitrogen and oxygen atoms in total. The van der Waals surface area contributed by atoms with Gasteiger partial charge in [0.05, 0.1) is 6.10 Å². The number of urea groups is 1. The zero-order chi connectivity index (χ0) is 19.5. The summed E-state index contributed by atoms with van der Waals surface area (Å²) in [5.74, 6) is 0.0848. The summed E-state index contributed by atoms with van der Waals surface area (Å²) in [6.07, 6.45) is 5.30. The Morgan fingerprint density at radius 3 is 2.75 bits per heavy atom. The summed E-state index contributed by atoms with van der Waals surface area (Å²) in [6.45, 7) is 1.20. The van der Waals surface area contributed by atoms with E-state index in [-0.39, 0.29) is 30.0 Å². The minimum Gasteiger partial charge on any atom is -0.393 e. The van der Waals surface area contributed by atoms with Crippen molar-refractivity contribution in [1.29, 1.82) is 0 Å². The summed E-state index contributed by atoms with van der Waals surface area (Å²) in [5, 5.41) is 15.6. The van der Waals surface area contributed by atoms with E-state index in [1.165, 1.54) is 0 Å². The Morgan fingerprint density at radius 1 is 1.29 bits per heavy atom. The predicted octanol–water partition coefficient (Wildman–Crippen LogP) is 1.72. The van der Waals surface area contributed by atoms with Crippen molar-refractivity contribution in [3.8, 4) is 0 Å². The number of amides is 3. The Morgan fingerprint density at radius 2 is 2.07 bits per heavy atom. The normalized spacial score (nSPS) is 22.3. The Kier molecular flexibility index (Phi) is 5.25. The van der Waals surface area contributed by atoms with Gasteiger partial charge in [0.15, 0.2) is 0 Å². The topological polar surface area (TPSA) is 94.6 Å². The molecular weight excluding hydrogens is 356 g/mol. The second-order valence-corrected chi connectivity index (χ2v) is 7.46. The van der Waals surface area contributed by atoms with Gasteiger partial charge in [-0.15, -0.1) is 0 Å². The molecule has 1 aromatic heterocycles. The van der Waals surface area contributed by atoms with Crippen LogP contribution >= 0.6 is 0 Å². The summed E-state index contributed by atoms with van der Waals surface area (Å²) in [7, 11) is 0. The van der Waals surface area contributed by atoms with E-state index in [4.69, 9.17) is 0 Å². The predicted molar refractivity (Wildman–Crippen MR) is 105 cm³/mol. The molecule has 0 spiro atoms. The molecule has 0 radical (unpaired) electrons. The largest absolute Gasteiger partial charge is 0.393 e. The molecule has 28 heavy (non-hydrogen) atoms. The molecule has 2 aliphatic rings. The number of carbonyl (C=O) groups is 2. The first-order valence-corrected chi connectivity index (χ1v) is 9.63. The summed E-state index contributed by atoms with van der Waals surface area (Å²) in [6, 6.07) is 10.8. The van der Waals surface area contributed by atoms with Crippen LogP contribution in [0.5, 0.6) is 0 Å². The number of rotatable bonds is 6. The van der Waals surface area contributed by atoms with Gasteiger partial charge < -0.3 is 15.7 Å². The van der Waals surface area contributed by atoms with Gasteiger partial charge in [-0.3, -0.25) is 14.7 Å². The van der Waals surface area contributed by atoms with E-state index < -0.39 is 0 Å². The van der Waals surface area contributed by atoms with Gasteiger partial charge >= 0.3 is 6.03 Å². The Hall–Kier alpha value is -2.93. The number of aliphatic hydroxyl groups excluding tert-OH is 1. The van der Waals surface area contributed by atoms with Gasteiger partial charge in [-0.05, 0) is 61.1 Å². The van der Waals surface area contributed by atoms with Gasteiger partial charge in [-0.25, -0.2) is 4.79 Å². The van der Waals surface area contributed by atoms with Crippen LogP contribution in [0.1, 0.15) is 28.8 Å². The maximum Gasteiger partial charge on any atom is 0.321 e. The first-order valence-electron chi connectivity index (χ1n) is 9.63. The summed E-state index contributed by atoms with van der Waals surface area (Å²) in [4.78, 5) is 30.5. The number of aromatic nitrogens is 1. The maximum atomic E-state index is 12.9. The van der Waals surface area contributed by atoms with Crippen LogP contribution < -0.4 is 15.5 Å². The zero-order valence-corrected chi connectivity index (χ0v) is 15.5. The van der Waals surface area contributed by atoms with Crippen LogP contribution in [0.25, 0.3) is 0 Å². The molecule has 0 unspecified atom stereocenters. The van der Waals surface area contributed by atoms with Gasteiger partial charge in [0, 0.05) is 42.8 Å². The van der Waals surface area contributed by atoms with Gasteiger partial charge in [-0.1, -0.05) is 6.07 Å². The van der Waals surface area contributed by atoms with Crippen molar-refractivity contribution in [3.63, 3.8) is 0 Å². The van der Waals surface area contributed by atoms with Crippen molar-refractivity contribution >= 4 is 17.6 Å². The molecule has 4 rings (SSSR count). The molecule has 3 amide bonds. The Balaban J connectivity index is 1.48. The highest BCUT2D eigenvalue weighted by Gasteiger charge is 2.35. The van der Waals surface area contributed by atoms with Crippen molar-refractivity contribution < 1.29 is 14.7 Å². The van der Waals surface area contributed by atoms with Gasteiger partial charge in [-0.2, -0.15) is 0 Å². The number of benzene rings is 1. The lowest BCUT2D eigenvalue weighted by Gasteiger charge is -2.38. The first kappa shape index (κ1) is 18.4. The van der Waals surface area contributed by atoms with Crippen molar-refractivity contribution in [3.05, 3.63) is 59.9 Å². The van der Waals surface area contributed by atoms with Crippen LogP contribution in [-0.4, -0.2) is 47.3 Å². The molecule has 2 aromatic rings. The number of carbonyl (C=O) groups excluding carboxylic acids is 2. The van der Waals surface area contributed by atoms with Crippen LogP contribution in [0.15, 0.2) is 48.8 Å². The summed E-state index contributed by atoms with van der Waals surface area (Å²) < 4.78 is 0. The average Bonchev–Trinajstić information content (AvgIpc) is 3.12. The van der Waals surface area contributed by atoms with Crippen molar-refractivity contribution in [1.82, 2.24) is 15.6 Å². The van der Waals surface area contributed by atoms with Crippen LogP contribution in [0, 0.1) is 5.92 Å². The van der Waals surface area contributed by atoms with Crippen LogP contribution in [0.3, 0.4) is 0 Å². The number of nitrogens with one attached hydrogen (secondary N) is 2. The minimum absolute atomic E-state index is 0.0583.